The topological polar surface area (TPSA) is 105 Å². The van der Waals surface area contributed by atoms with Gasteiger partial charge < -0.3 is 14.2 Å². The van der Waals surface area contributed by atoms with E-state index in [1.54, 1.807) is 10.5 Å². The average Bonchev–Trinajstić information content (AvgIpc) is 3.15. The van der Waals surface area contributed by atoms with Gasteiger partial charge in [0.2, 0.25) is 0 Å². The monoisotopic (exact) mass is 475 g/mol. The highest BCUT2D eigenvalue weighted by molar-refractivity contribution is 8.11. The van der Waals surface area contributed by atoms with E-state index in [0.29, 0.717) is 49.9 Å². The Hall–Kier alpha value is -2.30. The van der Waals surface area contributed by atoms with E-state index < -0.39 is 9.53 Å². The van der Waals surface area contributed by atoms with Gasteiger partial charge in [-0.2, -0.15) is 9.19 Å². The van der Waals surface area contributed by atoms with E-state index in [1.165, 1.54) is 12.5 Å². The first-order valence-corrected chi connectivity index (χ1v) is 14.2. The van der Waals surface area contributed by atoms with E-state index in [1.807, 2.05) is 18.2 Å². The van der Waals surface area contributed by atoms with E-state index in [0.717, 1.165) is 35.9 Å². The summed E-state index contributed by atoms with van der Waals surface area (Å²) >= 11 is 0. The Kier molecular flexibility index (Phi) is 5.37. The van der Waals surface area contributed by atoms with Crippen LogP contribution < -0.4 is 9.64 Å². The van der Waals surface area contributed by atoms with Gasteiger partial charge in [-0.15, -0.1) is 9.53 Å². The Morgan fingerprint density at radius 2 is 2.03 bits per heavy atom. The highest BCUT2D eigenvalue weighted by Gasteiger charge is 2.56. The standard InChI is InChI=1S/C23H33N5O4S/c1-15(2)22-25-23(32-26-22)27-12-18-19(13-27)20(18)14-31-17-5-6-21(24-11-17)16-7-9-28(10-8-16)33(3,4,29)30/h5-7,11,15,18-20H,8-10,12-14H2,1-4H3,(H,29,30)/t18-,19?,20?/m1/s1. The van der Waals surface area contributed by atoms with Crippen LogP contribution >= 0.6 is 0 Å². The minimum Gasteiger partial charge on any atom is -0.492 e. The van der Waals surface area contributed by atoms with Crippen molar-refractivity contribution in [1.82, 2.24) is 19.4 Å². The van der Waals surface area contributed by atoms with Crippen molar-refractivity contribution in [2.45, 2.75) is 26.2 Å². The van der Waals surface area contributed by atoms with Crippen LogP contribution in [0.5, 0.6) is 5.75 Å². The largest absolute Gasteiger partial charge is 0.492 e. The summed E-state index contributed by atoms with van der Waals surface area (Å²) in [5.41, 5.74) is 2.00. The second-order valence-corrected chi connectivity index (χ2v) is 14.2. The van der Waals surface area contributed by atoms with E-state index in [2.05, 4.69) is 33.9 Å². The lowest BCUT2D eigenvalue weighted by atomic mass is 10.1. The molecule has 10 heteroatoms. The minimum atomic E-state index is -3.68. The zero-order valence-electron chi connectivity index (χ0n) is 19.7. The Morgan fingerprint density at radius 1 is 1.27 bits per heavy atom. The van der Waals surface area contributed by atoms with Crippen LogP contribution in [0.2, 0.25) is 0 Å². The van der Waals surface area contributed by atoms with E-state index in [9.17, 15) is 8.76 Å². The van der Waals surface area contributed by atoms with Gasteiger partial charge in [-0.3, -0.25) is 9.54 Å². The van der Waals surface area contributed by atoms with Gasteiger partial charge >= 0.3 is 6.01 Å². The molecule has 0 amide bonds. The SMILES string of the molecule is CC(C)c1noc(N2CC3C(COc4ccc(C5=CCN(S(C)(C)(=O)O)CC5)nc4)[C@@H]3C2)n1. The average molecular weight is 476 g/mol. The minimum absolute atomic E-state index is 0.267. The Balaban J connectivity index is 1.10. The fourth-order valence-electron chi connectivity index (χ4n) is 4.85. The number of aromatic nitrogens is 3. The molecule has 0 bridgehead atoms. The van der Waals surface area contributed by atoms with Crippen LogP contribution in [0.4, 0.5) is 6.01 Å². The first kappa shape index (κ1) is 22.5. The van der Waals surface area contributed by atoms with Crippen molar-refractivity contribution >= 4 is 21.1 Å². The van der Waals surface area contributed by atoms with Gasteiger partial charge in [0.15, 0.2) is 5.82 Å². The number of rotatable bonds is 7. The van der Waals surface area contributed by atoms with Crippen LogP contribution in [0.3, 0.4) is 0 Å². The summed E-state index contributed by atoms with van der Waals surface area (Å²) in [5.74, 6) is 3.59. The number of piperidine rings is 1. The lowest BCUT2D eigenvalue weighted by Gasteiger charge is -2.46. The summed E-state index contributed by atoms with van der Waals surface area (Å²) in [6.45, 7) is 7.70. The summed E-state index contributed by atoms with van der Waals surface area (Å²) < 4.78 is 35.6. The Morgan fingerprint density at radius 3 is 2.58 bits per heavy atom. The molecule has 2 aromatic rings. The quantitative estimate of drug-likeness (QED) is 0.652. The van der Waals surface area contributed by atoms with Gasteiger partial charge in [0.25, 0.3) is 0 Å². The molecule has 2 aromatic heterocycles. The Labute approximate surface area is 194 Å². The lowest BCUT2D eigenvalue weighted by Crippen LogP contribution is -2.50. The van der Waals surface area contributed by atoms with Gasteiger partial charge in [-0.25, -0.2) is 4.31 Å². The predicted octanol–water partition coefficient (Wildman–Crippen LogP) is 2.91. The number of ether oxygens (including phenoxy) is 1. The summed E-state index contributed by atoms with van der Waals surface area (Å²) in [6, 6.07) is 4.57. The van der Waals surface area contributed by atoms with Crippen molar-refractivity contribution < 1.29 is 18.0 Å². The maximum Gasteiger partial charge on any atom is 0.324 e. The molecule has 4 heterocycles. The summed E-state index contributed by atoms with van der Waals surface area (Å²) in [5, 5.41) is 4.06. The van der Waals surface area contributed by atoms with E-state index in [-0.39, 0.29) is 5.92 Å². The third kappa shape index (κ3) is 4.69. The molecule has 5 rings (SSSR count). The number of nitrogens with zero attached hydrogens (tertiary/aromatic N) is 5. The van der Waals surface area contributed by atoms with Crippen LogP contribution in [-0.2, 0) is 9.53 Å². The molecular weight excluding hydrogens is 442 g/mol. The molecular formula is C23H33N5O4S. The molecule has 2 unspecified atom stereocenters. The van der Waals surface area contributed by atoms with Gasteiger partial charge in [-0.05, 0) is 36.0 Å². The first-order valence-electron chi connectivity index (χ1n) is 11.5. The third-order valence-corrected chi connectivity index (χ3v) is 8.81. The van der Waals surface area contributed by atoms with Crippen molar-refractivity contribution in [3.63, 3.8) is 0 Å². The molecule has 1 saturated carbocycles. The zero-order valence-corrected chi connectivity index (χ0v) is 20.5. The molecule has 3 aliphatic rings. The normalized spacial score (nSPS) is 26.6. The molecule has 0 aromatic carbocycles. The molecule has 2 aliphatic heterocycles. The highest BCUT2D eigenvalue weighted by atomic mass is 32.3. The van der Waals surface area contributed by atoms with Gasteiger partial charge in [-0.1, -0.05) is 25.1 Å². The Bertz CT molecular complexity index is 1100. The fraction of sp³-hybridized carbons (Fsp3) is 0.609. The van der Waals surface area contributed by atoms with Crippen LogP contribution in [0.25, 0.3) is 5.57 Å². The van der Waals surface area contributed by atoms with Gasteiger partial charge in [0.05, 0.1) is 18.5 Å². The second-order valence-electron chi connectivity index (χ2n) is 10.2. The van der Waals surface area contributed by atoms with E-state index >= 15 is 0 Å². The molecule has 1 aliphatic carbocycles. The second kappa shape index (κ2) is 7.89. The van der Waals surface area contributed by atoms with Crippen LogP contribution in [-0.4, -0.2) is 73.5 Å². The summed E-state index contributed by atoms with van der Waals surface area (Å²) in [6.07, 6.45) is 7.27. The molecule has 3 atom stereocenters. The van der Waals surface area contributed by atoms with Crippen LogP contribution in [0.15, 0.2) is 28.9 Å². The number of pyridine rings is 1. The number of anilines is 1. The highest BCUT2D eigenvalue weighted by Crippen LogP contribution is 2.52. The predicted molar refractivity (Wildman–Crippen MR) is 128 cm³/mol. The molecule has 0 spiro atoms. The van der Waals surface area contributed by atoms with Crippen molar-refractivity contribution in [2.75, 3.05) is 50.2 Å². The maximum atomic E-state index is 12.4. The summed E-state index contributed by atoms with van der Waals surface area (Å²) in [7, 11) is -3.68. The molecule has 2 fully saturated rings. The summed E-state index contributed by atoms with van der Waals surface area (Å²) in [4.78, 5) is 11.3. The molecule has 180 valence electrons. The van der Waals surface area contributed by atoms with Crippen LogP contribution in [0, 0.1) is 17.8 Å². The van der Waals surface area contributed by atoms with Crippen molar-refractivity contribution in [3.05, 3.63) is 35.9 Å². The lowest BCUT2D eigenvalue weighted by molar-refractivity contribution is 0.280. The van der Waals surface area contributed by atoms with Crippen molar-refractivity contribution in [1.29, 1.82) is 0 Å². The van der Waals surface area contributed by atoms with E-state index in [4.69, 9.17) is 9.26 Å². The van der Waals surface area contributed by atoms with Gasteiger partial charge in [0, 0.05) is 50.5 Å². The number of hydrogen-bond donors (Lipinski definition) is 1. The molecule has 1 saturated heterocycles. The maximum absolute atomic E-state index is 12.4. The smallest absolute Gasteiger partial charge is 0.324 e. The molecule has 1 N–H and O–H groups in total. The van der Waals surface area contributed by atoms with Crippen molar-refractivity contribution in [2.24, 2.45) is 17.8 Å². The van der Waals surface area contributed by atoms with Crippen molar-refractivity contribution in [3.8, 4) is 5.75 Å². The first-order chi connectivity index (χ1) is 15.6. The zero-order chi connectivity index (χ0) is 23.4. The third-order valence-electron chi connectivity index (χ3n) is 7.01. The van der Waals surface area contributed by atoms with Gasteiger partial charge in [0.1, 0.15) is 5.75 Å². The number of fused-ring (bicyclic) bond motifs is 1. The molecule has 9 nitrogen and oxygen atoms in total. The number of hydrogen-bond acceptors (Lipinski definition) is 7. The molecule has 0 radical (unpaired) electrons. The van der Waals surface area contributed by atoms with Crippen LogP contribution in [0.1, 0.15) is 37.7 Å². The fourth-order valence-corrected chi connectivity index (χ4v) is 5.96. The molecule has 33 heavy (non-hydrogen) atoms.